The molecule has 1 aliphatic rings. The van der Waals surface area contributed by atoms with E-state index in [2.05, 4.69) is 16.0 Å². The Bertz CT molecular complexity index is 1050. The molecule has 1 unspecified atom stereocenters. The standard InChI is InChI=1S/C23H26N4O4/c1-5-19(28)24-17-11-8-15(3)18(12-17)25-20(29)13-27-21(30)23(4,26-22(27)31)16-9-6-14(2)7-10-16/h6-12H,5,13H2,1-4H3,(H,24,28)(H,25,29)(H,26,31). The first-order chi connectivity index (χ1) is 14.6. The van der Waals surface area contributed by atoms with Gasteiger partial charge in [0.25, 0.3) is 5.91 Å². The molecule has 1 heterocycles. The lowest BCUT2D eigenvalue weighted by Crippen LogP contribution is -2.42. The number of imide groups is 1. The molecule has 1 atom stereocenters. The van der Waals surface area contributed by atoms with E-state index in [0.29, 0.717) is 23.4 Å². The summed E-state index contributed by atoms with van der Waals surface area (Å²) in [6, 6.07) is 11.8. The smallest absolute Gasteiger partial charge is 0.325 e. The molecule has 8 nitrogen and oxygen atoms in total. The second-order valence-corrected chi connectivity index (χ2v) is 7.79. The van der Waals surface area contributed by atoms with E-state index in [1.807, 2.05) is 26.0 Å². The van der Waals surface area contributed by atoms with Crippen LogP contribution in [0.2, 0.25) is 0 Å². The number of rotatable bonds is 6. The number of urea groups is 1. The van der Waals surface area contributed by atoms with E-state index in [-0.39, 0.29) is 5.91 Å². The van der Waals surface area contributed by atoms with Crippen molar-refractivity contribution < 1.29 is 19.2 Å². The lowest BCUT2D eigenvalue weighted by molar-refractivity contribution is -0.133. The van der Waals surface area contributed by atoms with Crippen LogP contribution in [-0.4, -0.2) is 35.2 Å². The Morgan fingerprint density at radius 1 is 1.00 bits per heavy atom. The van der Waals surface area contributed by atoms with Crippen LogP contribution < -0.4 is 16.0 Å². The topological polar surface area (TPSA) is 108 Å². The van der Waals surface area contributed by atoms with Gasteiger partial charge in [0.2, 0.25) is 11.8 Å². The quantitative estimate of drug-likeness (QED) is 0.622. The highest BCUT2D eigenvalue weighted by Crippen LogP contribution is 2.29. The molecule has 8 heteroatoms. The van der Waals surface area contributed by atoms with E-state index in [1.165, 1.54) is 0 Å². The van der Waals surface area contributed by atoms with Gasteiger partial charge in [-0.05, 0) is 44.0 Å². The van der Waals surface area contributed by atoms with Gasteiger partial charge in [-0.25, -0.2) is 4.79 Å². The number of amides is 5. The summed E-state index contributed by atoms with van der Waals surface area (Å²) >= 11 is 0. The SMILES string of the molecule is CCC(=O)Nc1ccc(C)c(NC(=O)CN2C(=O)NC(C)(c3ccc(C)cc3)C2=O)c1. The fourth-order valence-corrected chi connectivity index (χ4v) is 3.34. The minimum atomic E-state index is -1.23. The van der Waals surface area contributed by atoms with Gasteiger partial charge in [0, 0.05) is 17.8 Å². The van der Waals surface area contributed by atoms with Gasteiger partial charge in [-0.15, -0.1) is 0 Å². The third-order valence-corrected chi connectivity index (χ3v) is 5.32. The molecule has 2 aromatic carbocycles. The first-order valence-corrected chi connectivity index (χ1v) is 10.1. The Balaban J connectivity index is 1.73. The zero-order valence-electron chi connectivity index (χ0n) is 18.0. The number of anilines is 2. The number of hydrogen-bond donors (Lipinski definition) is 3. The van der Waals surface area contributed by atoms with Crippen LogP contribution in [0.25, 0.3) is 0 Å². The summed E-state index contributed by atoms with van der Waals surface area (Å²) in [7, 11) is 0. The van der Waals surface area contributed by atoms with Crippen molar-refractivity contribution in [1.82, 2.24) is 10.2 Å². The lowest BCUT2D eigenvalue weighted by Gasteiger charge is -2.22. The average molecular weight is 422 g/mol. The highest BCUT2D eigenvalue weighted by atomic mass is 16.2. The van der Waals surface area contributed by atoms with Crippen LogP contribution in [0.1, 0.15) is 37.0 Å². The van der Waals surface area contributed by atoms with Crippen LogP contribution in [0.4, 0.5) is 16.2 Å². The second kappa shape index (κ2) is 8.59. The Labute approximate surface area is 181 Å². The van der Waals surface area contributed by atoms with Crippen LogP contribution in [0.3, 0.4) is 0 Å². The predicted octanol–water partition coefficient (Wildman–Crippen LogP) is 3.06. The van der Waals surface area contributed by atoms with Crippen molar-refractivity contribution in [3.8, 4) is 0 Å². The molecule has 162 valence electrons. The first-order valence-electron chi connectivity index (χ1n) is 10.1. The number of nitrogens with one attached hydrogen (secondary N) is 3. The molecule has 5 amide bonds. The van der Waals surface area contributed by atoms with E-state index in [0.717, 1.165) is 16.0 Å². The van der Waals surface area contributed by atoms with E-state index in [1.54, 1.807) is 44.2 Å². The normalized spacial score (nSPS) is 18.0. The molecule has 2 aromatic rings. The van der Waals surface area contributed by atoms with Crippen LogP contribution in [0.15, 0.2) is 42.5 Å². The Morgan fingerprint density at radius 2 is 1.68 bits per heavy atom. The zero-order chi connectivity index (χ0) is 22.8. The first kappa shape index (κ1) is 22.0. The summed E-state index contributed by atoms with van der Waals surface area (Å²) in [4.78, 5) is 50.6. The van der Waals surface area contributed by atoms with E-state index < -0.39 is 29.9 Å². The van der Waals surface area contributed by atoms with Gasteiger partial charge < -0.3 is 16.0 Å². The van der Waals surface area contributed by atoms with Crippen molar-refractivity contribution in [3.05, 3.63) is 59.2 Å². The largest absolute Gasteiger partial charge is 0.326 e. The van der Waals surface area contributed by atoms with Crippen LogP contribution >= 0.6 is 0 Å². The second-order valence-electron chi connectivity index (χ2n) is 7.79. The van der Waals surface area contributed by atoms with Gasteiger partial charge in [-0.2, -0.15) is 0 Å². The summed E-state index contributed by atoms with van der Waals surface area (Å²) in [6.45, 7) is 6.69. The van der Waals surface area contributed by atoms with Crippen molar-refractivity contribution in [3.63, 3.8) is 0 Å². The van der Waals surface area contributed by atoms with Gasteiger partial charge in [0.05, 0.1) is 0 Å². The molecule has 0 aromatic heterocycles. The van der Waals surface area contributed by atoms with Crippen molar-refractivity contribution >= 4 is 35.1 Å². The Hall–Kier alpha value is -3.68. The molecule has 0 spiro atoms. The zero-order valence-corrected chi connectivity index (χ0v) is 18.0. The Kier molecular flexibility index (Phi) is 6.10. The molecule has 3 N–H and O–H groups in total. The molecule has 1 fully saturated rings. The lowest BCUT2D eigenvalue weighted by atomic mass is 9.91. The van der Waals surface area contributed by atoms with Crippen molar-refractivity contribution in [1.29, 1.82) is 0 Å². The van der Waals surface area contributed by atoms with Gasteiger partial charge in [-0.1, -0.05) is 42.8 Å². The average Bonchev–Trinajstić information content (AvgIpc) is 2.94. The number of nitrogens with zero attached hydrogens (tertiary/aromatic N) is 1. The molecular formula is C23H26N4O4. The number of benzene rings is 2. The maximum Gasteiger partial charge on any atom is 0.325 e. The third-order valence-electron chi connectivity index (χ3n) is 5.32. The number of carbonyl (C=O) groups is 4. The van der Waals surface area contributed by atoms with Crippen molar-refractivity contribution in [2.24, 2.45) is 0 Å². The molecule has 0 aliphatic carbocycles. The molecule has 0 saturated carbocycles. The van der Waals surface area contributed by atoms with E-state index >= 15 is 0 Å². The fraction of sp³-hybridized carbons (Fsp3) is 0.304. The highest BCUT2D eigenvalue weighted by Gasteiger charge is 2.49. The monoisotopic (exact) mass is 422 g/mol. The van der Waals surface area contributed by atoms with Gasteiger partial charge in [-0.3, -0.25) is 19.3 Å². The van der Waals surface area contributed by atoms with Crippen LogP contribution in [0.5, 0.6) is 0 Å². The van der Waals surface area contributed by atoms with Crippen LogP contribution in [-0.2, 0) is 19.9 Å². The molecule has 0 radical (unpaired) electrons. The summed E-state index contributed by atoms with van der Waals surface area (Å²) in [5, 5.41) is 8.15. The van der Waals surface area contributed by atoms with E-state index in [4.69, 9.17) is 0 Å². The summed E-state index contributed by atoms with van der Waals surface area (Å²) < 4.78 is 0. The maximum atomic E-state index is 13.0. The summed E-state index contributed by atoms with van der Waals surface area (Å²) in [5.74, 6) is -1.15. The third kappa shape index (κ3) is 4.58. The maximum absolute atomic E-state index is 13.0. The van der Waals surface area contributed by atoms with Gasteiger partial charge in [0.1, 0.15) is 12.1 Å². The molecular weight excluding hydrogens is 396 g/mol. The van der Waals surface area contributed by atoms with Gasteiger partial charge in [0.15, 0.2) is 0 Å². The molecule has 1 saturated heterocycles. The summed E-state index contributed by atoms with van der Waals surface area (Å²) in [6.07, 6.45) is 0.335. The molecule has 0 bridgehead atoms. The van der Waals surface area contributed by atoms with Crippen molar-refractivity contribution in [2.45, 2.75) is 39.7 Å². The predicted molar refractivity (Wildman–Crippen MR) is 118 cm³/mol. The minimum Gasteiger partial charge on any atom is -0.326 e. The van der Waals surface area contributed by atoms with Crippen LogP contribution in [0, 0.1) is 13.8 Å². The molecule has 31 heavy (non-hydrogen) atoms. The van der Waals surface area contributed by atoms with Crippen molar-refractivity contribution in [2.75, 3.05) is 17.2 Å². The fourth-order valence-electron chi connectivity index (χ4n) is 3.34. The minimum absolute atomic E-state index is 0.143. The van der Waals surface area contributed by atoms with E-state index in [9.17, 15) is 19.2 Å². The number of carbonyl (C=O) groups excluding carboxylic acids is 4. The summed E-state index contributed by atoms with van der Waals surface area (Å²) in [5.41, 5.74) is 2.28. The van der Waals surface area contributed by atoms with Gasteiger partial charge >= 0.3 is 6.03 Å². The number of hydrogen-bond acceptors (Lipinski definition) is 4. The molecule has 3 rings (SSSR count). The number of aryl methyl sites for hydroxylation is 2. The highest BCUT2D eigenvalue weighted by molar-refractivity contribution is 6.10. The Morgan fingerprint density at radius 3 is 2.32 bits per heavy atom. The molecule has 1 aliphatic heterocycles.